The van der Waals surface area contributed by atoms with Gasteiger partial charge in [-0.15, -0.1) is 0 Å². The molecule has 1 nitrogen and oxygen atoms in total. The van der Waals surface area contributed by atoms with Gasteiger partial charge in [0.1, 0.15) is 0 Å². The molecule has 0 aliphatic heterocycles. The molecule has 6 rings (SSSR count). The van der Waals surface area contributed by atoms with Crippen molar-refractivity contribution in [3.05, 3.63) is 123 Å². The highest BCUT2D eigenvalue weighted by Gasteiger charge is 2.56. The van der Waals surface area contributed by atoms with E-state index in [1.807, 2.05) is 0 Å². The number of hydrogen-bond donors (Lipinski definition) is 0. The molecule has 0 radical (unpaired) electrons. The van der Waals surface area contributed by atoms with E-state index in [1.165, 1.54) is 33.0 Å². The maximum atomic E-state index is 3.61. The van der Waals surface area contributed by atoms with Gasteiger partial charge in [0, 0.05) is 25.7 Å². The van der Waals surface area contributed by atoms with Crippen LogP contribution >= 0.6 is 31.9 Å². The molecule has 0 fully saturated rings. The van der Waals surface area contributed by atoms with Crippen LogP contribution < -0.4 is 4.90 Å². The third-order valence-corrected chi connectivity index (χ3v) is 11.2. The summed E-state index contributed by atoms with van der Waals surface area (Å²) in [5.74, 6) is 0. The summed E-state index contributed by atoms with van der Waals surface area (Å²) in [6, 6.07) is 37.7. The first-order valence-corrected chi connectivity index (χ1v) is 15.5. The van der Waals surface area contributed by atoms with Crippen LogP contribution in [-0.4, -0.2) is 0 Å². The maximum absolute atomic E-state index is 3.61. The molecular weight excluding hydrogens is 618 g/mol. The molecule has 1 aliphatic carbocycles. The van der Waals surface area contributed by atoms with E-state index in [9.17, 15) is 0 Å². The molecule has 3 heteroatoms. The minimum atomic E-state index is 0.0670. The number of nitrogens with zero attached hydrogens (tertiary/aromatic N) is 1. The molecule has 0 bridgehead atoms. The fourth-order valence-corrected chi connectivity index (χ4v) is 7.09. The Kier molecular flexibility index (Phi) is 6.55. The topological polar surface area (TPSA) is 3.24 Å². The van der Waals surface area contributed by atoms with Crippen molar-refractivity contribution >= 4 is 59.7 Å². The number of benzene rings is 5. The van der Waals surface area contributed by atoms with E-state index in [-0.39, 0.29) is 16.2 Å². The predicted molar refractivity (Wildman–Crippen MR) is 179 cm³/mol. The van der Waals surface area contributed by atoms with Crippen molar-refractivity contribution < 1.29 is 0 Å². The van der Waals surface area contributed by atoms with Crippen molar-refractivity contribution in [1.82, 2.24) is 0 Å². The highest BCUT2D eigenvalue weighted by atomic mass is 79.9. The number of rotatable bonds is 4. The normalized spacial score (nSPS) is 16.6. The van der Waals surface area contributed by atoms with Gasteiger partial charge in [-0.1, -0.05) is 122 Å². The molecule has 0 N–H and O–H groups in total. The zero-order valence-corrected chi connectivity index (χ0v) is 27.2. The Morgan fingerprint density at radius 2 is 1.05 bits per heavy atom. The predicted octanol–water partition coefficient (Wildman–Crippen LogP) is 12.1. The number of hydrogen-bond acceptors (Lipinski definition) is 1. The number of anilines is 3. The zero-order valence-electron chi connectivity index (χ0n) is 24.0. The molecule has 40 heavy (non-hydrogen) atoms. The van der Waals surface area contributed by atoms with Crippen molar-refractivity contribution in [1.29, 1.82) is 0 Å². The Labute approximate surface area is 255 Å². The second-order valence-electron chi connectivity index (χ2n) is 12.6. The molecule has 0 saturated carbocycles. The van der Waals surface area contributed by atoms with Crippen LogP contribution in [0.15, 0.2) is 112 Å². The minimum absolute atomic E-state index is 0.0670. The summed E-state index contributed by atoms with van der Waals surface area (Å²) < 4.78 is 2.14. The molecule has 202 valence electrons. The van der Waals surface area contributed by atoms with Crippen LogP contribution in [0.4, 0.5) is 17.1 Å². The first-order chi connectivity index (χ1) is 18.9. The van der Waals surface area contributed by atoms with Crippen LogP contribution in [0, 0.1) is 5.41 Å². The van der Waals surface area contributed by atoms with Gasteiger partial charge in [-0.3, -0.25) is 0 Å². The van der Waals surface area contributed by atoms with Gasteiger partial charge in [-0.25, -0.2) is 0 Å². The Balaban J connectivity index is 1.55. The monoisotopic (exact) mass is 651 g/mol. The first kappa shape index (κ1) is 27.3. The van der Waals surface area contributed by atoms with Crippen LogP contribution in [0.3, 0.4) is 0 Å². The first-order valence-electron chi connectivity index (χ1n) is 13.9. The second-order valence-corrected chi connectivity index (χ2v) is 14.4. The molecule has 0 aromatic heterocycles. The molecule has 0 unspecified atom stereocenters. The van der Waals surface area contributed by atoms with Gasteiger partial charge in [0.2, 0.25) is 0 Å². The van der Waals surface area contributed by atoms with Gasteiger partial charge in [0.05, 0.1) is 5.69 Å². The van der Waals surface area contributed by atoms with Crippen molar-refractivity contribution in [2.45, 2.75) is 52.4 Å². The maximum Gasteiger partial charge on any atom is 0.0540 e. The quantitative estimate of drug-likeness (QED) is 0.187. The van der Waals surface area contributed by atoms with Crippen LogP contribution in [0.25, 0.3) is 21.9 Å². The lowest BCUT2D eigenvalue weighted by molar-refractivity contribution is 0.125. The molecular formula is C37H35Br2N. The standard InChI is InChI=1S/C37H35Br2N/c1-35(2)32-21-11-24(23-33(32)36(3,4)37(35,5)6)29-20-22-34(31-10-8-7-9-30(29)31)40(27-16-12-25(38)13-17-27)28-18-14-26(39)15-19-28/h7-23H,1-6H3. The molecule has 0 amide bonds. The van der Waals surface area contributed by atoms with E-state index < -0.39 is 0 Å². The molecule has 0 heterocycles. The third kappa shape index (κ3) is 4.08. The average molecular weight is 654 g/mol. The van der Waals surface area contributed by atoms with E-state index in [2.05, 4.69) is 181 Å². The van der Waals surface area contributed by atoms with Gasteiger partial charge < -0.3 is 4.90 Å². The molecule has 5 aromatic carbocycles. The summed E-state index contributed by atoms with van der Waals surface area (Å²) in [6.45, 7) is 14.5. The zero-order chi connectivity index (χ0) is 28.4. The van der Waals surface area contributed by atoms with Crippen molar-refractivity contribution in [2.75, 3.05) is 4.90 Å². The fraction of sp³-hybridized carbons (Fsp3) is 0.243. The van der Waals surface area contributed by atoms with Crippen molar-refractivity contribution in [3.8, 4) is 11.1 Å². The van der Waals surface area contributed by atoms with Crippen LogP contribution in [0.5, 0.6) is 0 Å². The summed E-state index contributed by atoms with van der Waals surface area (Å²) in [5, 5.41) is 2.49. The summed E-state index contributed by atoms with van der Waals surface area (Å²) in [6.07, 6.45) is 0. The lowest BCUT2D eigenvalue weighted by atomic mass is 9.59. The smallest absolute Gasteiger partial charge is 0.0540 e. The van der Waals surface area contributed by atoms with Crippen LogP contribution in [0.1, 0.15) is 52.7 Å². The fourth-order valence-electron chi connectivity index (χ4n) is 6.57. The number of fused-ring (bicyclic) bond motifs is 2. The van der Waals surface area contributed by atoms with Gasteiger partial charge in [0.15, 0.2) is 0 Å². The van der Waals surface area contributed by atoms with E-state index >= 15 is 0 Å². The van der Waals surface area contributed by atoms with E-state index in [4.69, 9.17) is 0 Å². The summed E-state index contributed by atoms with van der Waals surface area (Å²) in [4.78, 5) is 2.35. The lowest BCUT2D eigenvalue weighted by Crippen LogP contribution is -2.42. The van der Waals surface area contributed by atoms with Crippen molar-refractivity contribution in [3.63, 3.8) is 0 Å². The minimum Gasteiger partial charge on any atom is -0.310 e. The average Bonchev–Trinajstić information content (AvgIpc) is 3.04. The number of halogens is 2. The largest absolute Gasteiger partial charge is 0.310 e. The lowest BCUT2D eigenvalue weighted by Gasteiger charge is -2.44. The highest BCUT2D eigenvalue weighted by molar-refractivity contribution is 9.10. The third-order valence-electron chi connectivity index (χ3n) is 10.1. The Morgan fingerprint density at radius 3 is 1.62 bits per heavy atom. The van der Waals surface area contributed by atoms with Gasteiger partial charge in [-0.2, -0.15) is 0 Å². The molecule has 1 aliphatic rings. The van der Waals surface area contributed by atoms with Crippen LogP contribution in [0.2, 0.25) is 0 Å². The summed E-state index contributed by atoms with van der Waals surface area (Å²) in [5.41, 5.74) is 9.20. The van der Waals surface area contributed by atoms with E-state index in [1.54, 1.807) is 0 Å². The molecule has 0 spiro atoms. The summed E-state index contributed by atoms with van der Waals surface area (Å²) in [7, 11) is 0. The highest BCUT2D eigenvalue weighted by Crippen LogP contribution is 2.62. The van der Waals surface area contributed by atoms with E-state index in [0.717, 1.165) is 26.0 Å². The Morgan fingerprint density at radius 1 is 0.525 bits per heavy atom. The van der Waals surface area contributed by atoms with Gasteiger partial charge in [-0.05, 0) is 98.5 Å². The Bertz CT molecular complexity index is 1680. The second kappa shape index (κ2) is 9.60. The Hall–Kier alpha value is -2.88. The molecule has 0 atom stereocenters. The van der Waals surface area contributed by atoms with Gasteiger partial charge >= 0.3 is 0 Å². The van der Waals surface area contributed by atoms with Crippen LogP contribution in [-0.2, 0) is 10.8 Å². The summed E-state index contributed by atoms with van der Waals surface area (Å²) >= 11 is 7.22. The van der Waals surface area contributed by atoms with E-state index in [0.29, 0.717) is 0 Å². The molecule has 0 saturated heterocycles. The van der Waals surface area contributed by atoms with Crippen molar-refractivity contribution in [2.24, 2.45) is 5.41 Å². The SMILES string of the molecule is CC1(C)c2ccc(-c3ccc(N(c4ccc(Br)cc4)c4ccc(Br)cc4)c4ccccc34)cc2C(C)(C)C1(C)C. The van der Waals surface area contributed by atoms with Gasteiger partial charge in [0.25, 0.3) is 0 Å². The molecule has 5 aromatic rings.